The van der Waals surface area contributed by atoms with E-state index < -0.39 is 0 Å². The van der Waals surface area contributed by atoms with Gasteiger partial charge in [0.05, 0.1) is 30.0 Å². The number of carbonyl (C=O) groups is 1. The van der Waals surface area contributed by atoms with E-state index in [4.69, 9.17) is 11.6 Å². The predicted molar refractivity (Wildman–Crippen MR) is 96.5 cm³/mol. The highest BCUT2D eigenvalue weighted by molar-refractivity contribution is 6.31. The Morgan fingerprint density at radius 3 is 2.84 bits per heavy atom. The van der Waals surface area contributed by atoms with Gasteiger partial charge in [0.1, 0.15) is 0 Å². The Kier molecular flexibility index (Phi) is 5.19. The number of hydrogen-bond acceptors (Lipinski definition) is 3. The van der Waals surface area contributed by atoms with Gasteiger partial charge in [-0.1, -0.05) is 23.7 Å². The summed E-state index contributed by atoms with van der Waals surface area (Å²) in [5.74, 6) is -0.0535. The number of amides is 1. The molecular weight excluding hydrogens is 338 g/mol. The molecule has 3 aromatic rings. The first-order valence-electron chi connectivity index (χ1n) is 8.10. The predicted octanol–water partition coefficient (Wildman–Crippen LogP) is 3.07. The molecule has 0 N–H and O–H groups in total. The van der Waals surface area contributed by atoms with Crippen molar-refractivity contribution >= 4 is 17.5 Å². The number of aromatic nitrogens is 4. The van der Waals surface area contributed by atoms with Crippen LogP contribution in [0.3, 0.4) is 0 Å². The van der Waals surface area contributed by atoms with Crippen LogP contribution in [-0.4, -0.2) is 37.4 Å². The van der Waals surface area contributed by atoms with E-state index in [1.807, 2.05) is 48.1 Å². The number of rotatable bonds is 6. The summed E-state index contributed by atoms with van der Waals surface area (Å²) in [6, 6.07) is 9.48. The summed E-state index contributed by atoms with van der Waals surface area (Å²) in [5.41, 5.74) is 2.51. The Morgan fingerprint density at radius 2 is 2.12 bits per heavy atom. The van der Waals surface area contributed by atoms with Gasteiger partial charge in [-0.15, -0.1) is 0 Å². The highest BCUT2D eigenvalue weighted by Crippen LogP contribution is 2.18. The molecular formula is C18H20ClN5O. The topological polar surface area (TPSA) is 56.0 Å². The van der Waals surface area contributed by atoms with E-state index in [9.17, 15) is 4.79 Å². The zero-order chi connectivity index (χ0) is 17.8. The lowest BCUT2D eigenvalue weighted by Gasteiger charge is -2.18. The van der Waals surface area contributed by atoms with Crippen LogP contribution in [0.4, 0.5) is 0 Å². The lowest BCUT2D eigenvalue weighted by Crippen LogP contribution is -2.27. The summed E-state index contributed by atoms with van der Waals surface area (Å²) in [4.78, 5) is 14.4. The minimum absolute atomic E-state index is 0.0535. The standard InChI is InChI=1S/C18H20ClN5O/c1-3-24-17(16(19)11-21-24)13-22(2)18(25)15-7-4-6-14(10-15)12-23-9-5-8-20-23/h4-11H,3,12-13H2,1-2H3. The van der Waals surface area contributed by atoms with Crippen molar-refractivity contribution in [3.63, 3.8) is 0 Å². The molecule has 1 aromatic carbocycles. The van der Waals surface area contributed by atoms with Crippen LogP contribution in [0.25, 0.3) is 0 Å². The summed E-state index contributed by atoms with van der Waals surface area (Å²) < 4.78 is 3.63. The number of carbonyl (C=O) groups excluding carboxylic acids is 1. The van der Waals surface area contributed by atoms with E-state index in [2.05, 4.69) is 10.2 Å². The third kappa shape index (κ3) is 3.91. The fraction of sp³-hybridized carbons (Fsp3) is 0.278. The normalized spacial score (nSPS) is 10.8. The Bertz CT molecular complexity index is 856. The van der Waals surface area contributed by atoms with Gasteiger partial charge < -0.3 is 4.90 Å². The maximum Gasteiger partial charge on any atom is 0.253 e. The monoisotopic (exact) mass is 357 g/mol. The molecule has 25 heavy (non-hydrogen) atoms. The Hall–Kier alpha value is -2.60. The number of nitrogens with zero attached hydrogens (tertiary/aromatic N) is 5. The average Bonchev–Trinajstić information content (AvgIpc) is 3.25. The Labute approximate surface area is 151 Å². The van der Waals surface area contributed by atoms with Crippen molar-refractivity contribution in [2.24, 2.45) is 0 Å². The highest BCUT2D eigenvalue weighted by Gasteiger charge is 2.16. The number of benzene rings is 1. The molecule has 0 fully saturated rings. The smallest absolute Gasteiger partial charge is 0.253 e. The van der Waals surface area contributed by atoms with Gasteiger partial charge in [-0.2, -0.15) is 10.2 Å². The van der Waals surface area contributed by atoms with Gasteiger partial charge in [-0.3, -0.25) is 14.2 Å². The maximum absolute atomic E-state index is 12.8. The van der Waals surface area contributed by atoms with Crippen LogP contribution in [0.1, 0.15) is 28.5 Å². The molecule has 130 valence electrons. The van der Waals surface area contributed by atoms with Gasteiger partial charge in [-0.25, -0.2) is 0 Å². The SMILES string of the molecule is CCn1ncc(Cl)c1CN(C)C(=O)c1cccc(Cn2cccn2)c1. The van der Waals surface area contributed by atoms with Crippen LogP contribution in [-0.2, 0) is 19.6 Å². The second-order valence-corrected chi connectivity index (χ2v) is 6.23. The Morgan fingerprint density at radius 1 is 1.28 bits per heavy atom. The zero-order valence-corrected chi connectivity index (χ0v) is 15.0. The quantitative estimate of drug-likeness (QED) is 0.681. The molecule has 6 nitrogen and oxygen atoms in total. The summed E-state index contributed by atoms with van der Waals surface area (Å²) in [7, 11) is 1.77. The second-order valence-electron chi connectivity index (χ2n) is 5.82. The zero-order valence-electron chi connectivity index (χ0n) is 14.3. The molecule has 0 saturated carbocycles. The summed E-state index contributed by atoms with van der Waals surface area (Å²) in [6.45, 7) is 3.75. The fourth-order valence-electron chi connectivity index (χ4n) is 2.72. The molecule has 0 unspecified atom stereocenters. The van der Waals surface area contributed by atoms with Gasteiger partial charge >= 0.3 is 0 Å². The van der Waals surface area contributed by atoms with Crippen molar-refractivity contribution < 1.29 is 4.79 Å². The minimum atomic E-state index is -0.0535. The van der Waals surface area contributed by atoms with Crippen molar-refractivity contribution in [1.29, 1.82) is 0 Å². The molecule has 0 aliphatic heterocycles. The van der Waals surface area contributed by atoms with E-state index in [0.29, 0.717) is 30.2 Å². The second kappa shape index (κ2) is 7.53. The van der Waals surface area contributed by atoms with Gasteiger partial charge in [0.25, 0.3) is 5.91 Å². The summed E-state index contributed by atoms with van der Waals surface area (Å²) in [5, 5.41) is 8.99. The van der Waals surface area contributed by atoms with E-state index in [1.165, 1.54) is 0 Å². The Balaban J connectivity index is 1.74. The molecule has 3 rings (SSSR count). The fourth-order valence-corrected chi connectivity index (χ4v) is 2.92. The first-order valence-corrected chi connectivity index (χ1v) is 8.48. The largest absolute Gasteiger partial charge is 0.336 e. The minimum Gasteiger partial charge on any atom is -0.336 e. The lowest BCUT2D eigenvalue weighted by atomic mass is 10.1. The van der Waals surface area contributed by atoms with E-state index in [0.717, 1.165) is 11.3 Å². The molecule has 7 heteroatoms. The molecule has 2 aromatic heterocycles. The lowest BCUT2D eigenvalue weighted by molar-refractivity contribution is 0.0781. The third-order valence-corrected chi connectivity index (χ3v) is 4.32. The third-order valence-electron chi connectivity index (χ3n) is 4.01. The van der Waals surface area contributed by atoms with Gasteiger partial charge in [0.15, 0.2) is 0 Å². The van der Waals surface area contributed by atoms with Crippen molar-refractivity contribution in [1.82, 2.24) is 24.5 Å². The van der Waals surface area contributed by atoms with Crippen molar-refractivity contribution in [2.75, 3.05) is 7.05 Å². The van der Waals surface area contributed by atoms with Crippen LogP contribution in [0.15, 0.2) is 48.9 Å². The summed E-state index contributed by atoms with van der Waals surface area (Å²) >= 11 is 6.19. The van der Waals surface area contributed by atoms with Crippen LogP contribution < -0.4 is 0 Å². The highest BCUT2D eigenvalue weighted by atomic mass is 35.5. The van der Waals surface area contributed by atoms with Crippen molar-refractivity contribution in [3.8, 4) is 0 Å². The van der Waals surface area contributed by atoms with Crippen LogP contribution in [0.2, 0.25) is 5.02 Å². The molecule has 0 radical (unpaired) electrons. The van der Waals surface area contributed by atoms with Crippen molar-refractivity contribution in [3.05, 3.63) is 70.8 Å². The van der Waals surface area contributed by atoms with Crippen LogP contribution in [0, 0.1) is 0 Å². The first-order chi connectivity index (χ1) is 12.1. The molecule has 0 spiro atoms. The molecule has 0 aliphatic rings. The first kappa shape index (κ1) is 17.2. The van der Waals surface area contributed by atoms with E-state index in [1.54, 1.807) is 29.0 Å². The van der Waals surface area contributed by atoms with E-state index >= 15 is 0 Å². The molecule has 2 heterocycles. The van der Waals surface area contributed by atoms with Gasteiger partial charge in [0, 0.05) is 31.5 Å². The van der Waals surface area contributed by atoms with E-state index in [-0.39, 0.29) is 5.91 Å². The number of halogens is 1. The molecule has 0 aliphatic carbocycles. The van der Waals surface area contributed by atoms with Gasteiger partial charge in [0.2, 0.25) is 0 Å². The van der Waals surface area contributed by atoms with Crippen molar-refractivity contribution in [2.45, 2.75) is 26.6 Å². The van der Waals surface area contributed by atoms with Gasteiger partial charge in [-0.05, 0) is 30.7 Å². The van der Waals surface area contributed by atoms with Crippen LogP contribution >= 0.6 is 11.6 Å². The molecule has 1 amide bonds. The molecule has 0 atom stereocenters. The summed E-state index contributed by atoms with van der Waals surface area (Å²) in [6.07, 6.45) is 5.25. The average molecular weight is 358 g/mol. The number of hydrogen-bond donors (Lipinski definition) is 0. The molecule has 0 bridgehead atoms. The molecule has 0 saturated heterocycles. The van der Waals surface area contributed by atoms with Crippen LogP contribution in [0.5, 0.6) is 0 Å². The number of aryl methyl sites for hydroxylation is 1. The maximum atomic E-state index is 12.8.